The number of thiophene rings is 1. The minimum atomic E-state index is 0.646. The highest BCUT2D eigenvalue weighted by Gasteiger charge is 2.06. The van der Waals surface area contributed by atoms with Gasteiger partial charge in [-0.3, -0.25) is 4.98 Å². The first-order valence-corrected chi connectivity index (χ1v) is 7.78. The minimum Gasteiger partial charge on any atom is -0.353 e. The Morgan fingerprint density at radius 2 is 2.20 bits per heavy atom. The molecule has 4 nitrogen and oxygen atoms in total. The number of hydrogen-bond acceptors (Lipinski definition) is 5. The van der Waals surface area contributed by atoms with Gasteiger partial charge in [-0.2, -0.15) is 0 Å². The first-order valence-electron chi connectivity index (χ1n) is 6.90. The lowest BCUT2D eigenvalue weighted by atomic mass is 10.2. The van der Waals surface area contributed by atoms with Gasteiger partial charge in [0, 0.05) is 24.7 Å². The number of nitrogens with one attached hydrogen (secondary N) is 1. The summed E-state index contributed by atoms with van der Waals surface area (Å²) in [6.07, 6.45) is 3.65. The molecule has 2 aromatic heterocycles. The second kappa shape index (κ2) is 7.36. The van der Waals surface area contributed by atoms with E-state index < -0.39 is 0 Å². The molecule has 0 amide bonds. The highest BCUT2D eigenvalue weighted by atomic mass is 32.1. The van der Waals surface area contributed by atoms with Crippen LogP contribution in [0, 0.1) is 5.92 Å². The summed E-state index contributed by atoms with van der Waals surface area (Å²) < 4.78 is 0. The lowest BCUT2D eigenvalue weighted by Crippen LogP contribution is -2.21. The summed E-state index contributed by atoms with van der Waals surface area (Å²) in [7, 11) is 2.05. The van der Waals surface area contributed by atoms with Crippen molar-refractivity contribution >= 4 is 17.2 Å². The normalized spacial score (nSPS) is 11.0. The highest BCUT2D eigenvalue weighted by Crippen LogP contribution is 2.15. The zero-order chi connectivity index (χ0) is 14.4. The molecule has 20 heavy (non-hydrogen) atoms. The molecule has 0 unspecified atom stereocenters. The predicted molar refractivity (Wildman–Crippen MR) is 85.0 cm³/mol. The van der Waals surface area contributed by atoms with Crippen LogP contribution in [-0.2, 0) is 13.1 Å². The van der Waals surface area contributed by atoms with Crippen LogP contribution in [0.4, 0.5) is 5.82 Å². The fourth-order valence-electron chi connectivity index (χ4n) is 1.87. The van der Waals surface area contributed by atoms with Crippen molar-refractivity contribution in [2.24, 2.45) is 5.92 Å². The topological polar surface area (TPSA) is 41.1 Å². The molecule has 2 aromatic rings. The molecule has 0 saturated carbocycles. The van der Waals surface area contributed by atoms with Crippen molar-refractivity contribution in [1.82, 2.24) is 15.3 Å². The zero-order valence-corrected chi connectivity index (χ0v) is 13.2. The summed E-state index contributed by atoms with van der Waals surface area (Å²) in [5.74, 6) is 1.56. The average Bonchev–Trinajstić information content (AvgIpc) is 2.91. The summed E-state index contributed by atoms with van der Waals surface area (Å²) in [5.41, 5.74) is 0.987. The summed E-state index contributed by atoms with van der Waals surface area (Å²) in [4.78, 5) is 12.4. The Kier molecular flexibility index (Phi) is 5.49. The molecule has 108 valence electrons. The number of hydrogen-bond donors (Lipinski definition) is 1. The number of anilines is 1. The molecule has 2 rings (SSSR count). The first-order chi connectivity index (χ1) is 9.65. The smallest absolute Gasteiger partial charge is 0.147 e. The van der Waals surface area contributed by atoms with Crippen molar-refractivity contribution in [1.29, 1.82) is 0 Å². The Morgan fingerprint density at radius 1 is 1.35 bits per heavy atom. The molecular formula is C15H22N4S. The number of nitrogens with zero attached hydrogens (tertiary/aromatic N) is 3. The standard InChI is InChI=1S/C15H22N4S/c1-12(2)7-16-8-13-9-17-10-15(18-13)19(3)11-14-5-4-6-20-14/h4-6,9-10,12,16H,7-8,11H2,1-3H3. The molecule has 0 aliphatic heterocycles. The van der Waals surface area contributed by atoms with E-state index in [0.717, 1.165) is 31.1 Å². The molecule has 0 bridgehead atoms. The Balaban J connectivity index is 1.94. The van der Waals surface area contributed by atoms with Crippen LogP contribution in [0.15, 0.2) is 29.9 Å². The second-order valence-corrected chi connectivity index (χ2v) is 6.36. The fourth-order valence-corrected chi connectivity index (χ4v) is 2.63. The third-order valence-electron chi connectivity index (χ3n) is 2.89. The molecule has 0 spiro atoms. The summed E-state index contributed by atoms with van der Waals surface area (Å²) in [6.45, 7) is 7.03. The van der Waals surface area contributed by atoms with Gasteiger partial charge in [0.2, 0.25) is 0 Å². The van der Waals surface area contributed by atoms with E-state index in [0.29, 0.717) is 5.92 Å². The van der Waals surface area contributed by atoms with E-state index in [4.69, 9.17) is 0 Å². The van der Waals surface area contributed by atoms with Crippen molar-refractivity contribution in [3.63, 3.8) is 0 Å². The molecule has 2 heterocycles. The maximum absolute atomic E-state index is 4.66. The van der Waals surface area contributed by atoms with Crippen molar-refractivity contribution < 1.29 is 0 Å². The van der Waals surface area contributed by atoms with Crippen LogP contribution in [-0.4, -0.2) is 23.6 Å². The van der Waals surface area contributed by atoms with Crippen molar-refractivity contribution in [2.75, 3.05) is 18.5 Å². The predicted octanol–water partition coefficient (Wildman–Crippen LogP) is 2.92. The van der Waals surface area contributed by atoms with Crippen LogP contribution < -0.4 is 10.2 Å². The number of rotatable bonds is 7. The van der Waals surface area contributed by atoms with Gasteiger partial charge in [-0.05, 0) is 23.9 Å². The SMILES string of the molecule is CC(C)CNCc1cncc(N(C)Cc2cccs2)n1. The molecule has 5 heteroatoms. The number of aromatic nitrogens is 2. The van der Waals surface area contributed by atoms with E-state index in [2.05, 4.69) is 58.6 Å². The third kappa shape index (κ3) is 4.58. The van der Waals surface area contributed by atoms with E-state index >= 15 is 0 Å². The van der Waals surface area contributed by atoms with Crippen molar-refractivity contribution in [3.8, 4) is 0 Å². The molecule has 0 radical (unpaired) electrons. The molecule has 0 aromatic carbocycles. The Labute approximate surface area is 124 Å². The summed E-state index contributed by atoms with van der Waals surface area (Å²) >= 11 is 1.76. The van der Waals surface area contributed by atoms with Crippen LogP contribution >= 0.6 is 11.3 Å². The van der Waals surface area contributed by atoms with Gasteiger partial charge in [-0.1, -0.05) is 19.9 Å². The Bertz CT molecular complexity index is 510. The average molecular weight is 290 g/mol. The zero-order valence-electron chi connectivity index (χ0n) is 12.3. The van der Waals surface area contributed by atoms with E-state index in [9.17, 15) is 0 Å². The molecule has 0 aliphatic rings. The quantitative estimate of drug-likeness (QED) is 0.851. The van der Waals surface area contributed by atoms with Crippen molar-refractivity contribution in [2.45, 2.75) is 26.9 Å². The molecule has 0 aliphatic carbocycles. The van der Waals surface area contributed by atoms with Crippen molar-refractivity contribution in [3.05, 3.63) is 40.5 Å². The van der Waals surface area contributed by atoms with Gasteiger partial charge >= 0.3 is 0 Å². The van der Waals surface area contributed by atoms with E-state index in [-0.39, 0.29) is 0 Å². The van der Waals surface area contributed by atoms with Crippen LogP contribution in [0.5, 0.6) is 0 Å². The molecule has 1 N–H and O–H groups in total. The lowest BCUT2D eigenvalue weighted by Gasteiger charge is -2.17. The molecule has 0 saturated heterocycles. The second-order valence-electron chi connectivity index (χ2n) is 5.33. The maximum Gasteiger partial charge on any atom is 0.147 e. The Hall–Kier alpha value is -1.46. The first kappa shape index (κ1) is 14.9. The molecular weight excluding hydrogens is 268 g/mol. The highest BCUT2D eigenvalue weighted by molar-refractivity contribution is 7.09. The van der Waals surface area contributed by atoms with E-state index in [1.54, 1.807) is 11.3 Å². The van der Waals surface area contributed by atoms with Gasteiger partial charge in [-0.25, -0.2) is 4.98 Å². The van der Waals surface area contributed by atoms with Gasteiger partial charge in [-0.15, -0.1) is 11.3 Å². The monoisotopic (exact) mass is 290 g/mol. The van der Waals surface area contributed by atoms with Gasteiger partial charge in [0.15, 0.2) is 0 Å². The van der Waals surface area contributed by atoms with Crippen LogP contribution in [0.3, 0.4) is 0 Å². The van der Waals surface area contributed by atoms with E-state index in [1.807, 2.05) is 12.4 Å². The van der Waals surface area contributed by atoms with Crippen LogP contribution in [0.2, 0.25) is 0 Å². The molecule has 0 fully saturated rings. The minimum absolute atomic E-state index is 0.646. The van der Waals surface area contributed by atoms with Crippen LogP contribution in [0.1, 0.15) is 24.4 Å². The fraction of sp³-hybridized carbons (Fsp3) is 0.467. The lowest BCUT2D eigenvalue weighted by molar-refractivity contribution is 0.547. The van der Waals surface area contributed by atoms with Gasteiger partial charge in [0.05, 0.1) is 18.4 Å². The van der Waals surface area contributed by atoms with Gasteiger partial charge in [0.1, 0.15) is 5.82 Å². The summed E-state index contributed by atoms with van der Waals surface area (Å²) in [6, 6.07) is 4.22. The van der Waals surface area contributed by atoms with E-state index in [1.165, 1.54) is 4.88 Å². The molecule has 0 atom stereocenters. The largest absolute Gasteiger partial charge is 0.353 e. The third-order valence-corrected chi connectivity index (χ3v) is 3.76. The van der Waals surface area contributed by atoms with Crippen LogP contribution in [0.25, 0.3) is 0 Å². The van der Waals surface area contributed by atoms with Gasteiger partial charge < -0.3 is 10.2 Å². The Morgan fingerprint density at radius 3 is 2.90 bits per heavy atom. The maximum atomic E-state index is 4.66. The van der Waals surface area contributed by atoms with Gasteiger partial charge in [0.25, 0.3) is 0 Å². The summed E-state index contributed by atoms with van der Waals surface area (Å²) in [5, 5.41) is 5.49.